The van der Waals surface area contributed by atoms with Crippen LogP contribution in [0.25, 0.3) is 10.9 Å². The molecule has 1 atom stereocenters. The maximum Gasteiger partial charge on any atom is 0.340 e. The van der Waals surface area contributed by atoms with Crippen molar-refractivity contribution < 1.29 is 34.4 Å². The van der Waals surface area contributed by atoms with Crippen LogP contribution in [0.3, 0.4) is 0 Å². The molecular formula is C27H23BrN2O7. The first-order chi connectivity index (χ1) is 17.5. The van der Waals surface area contributed by atoms with E-state index in [0.717, 1.165) is 5.39 Å². The predicted molar refractivity (Wildman–Crippen MR) is 138 cm³/mol. The lowest BCUT2D eigenvalue weighted by atomic mass is 9.72. The number of phenols is 1. The number of fused-ring (bicyclic) bond motifs is 5. The summed E-state index contributed by atoms with van der Waals surface area (Å²) in [6, 6.07) is 9.68. The van der Waals surface area contributed by atoms with Gasteiger partial charge in [-0.1, -0.05) is 15.9 Å². The van der Waals surface area contributed by atoms with Gasteiger partial charge in [-0.05, 0) is 67.8 Å². The van der Waals surface area contributed by atoms with E-state index in [-0.39, 0.29) is 34.7 Å². The van der Waals surface area contributed by atoms with Crippen molar-refractivity contribution in [1.29, 1.82) is 0 Å². The number of nitrogens with one attached hydrogen (secondary N) is 1. The summed E-state index contributed by atoms with van der Waals surface area (Å²) in [6.07, 6.45) is 0.407. The maximum absolute atomic E-state index is 13.7. The van der Waals surface area contributed by atoms with E-state index in [4.69, 9.17) is 4.74 Å². The van der Waals surface area contributed by atoms with Gasteiger partial charge in [0, 0.05) is 33.2 Å². The number of aliphatic carboxylic acids is 2. The average molecular weight is 567 g/mol. The van der Waals surface area contributed by atoms with Crippen molar-refractivity contribution in [2.75, 3.05) is 13.7 Å². The van der Waals surface area contributed by atoms with Crippen LogP contribution < -0.4 is 4.74 Å². The Labute approximate surface area is 219 Å². The van der Waals surface area contributed by atoms with E-state index in [2.05, 4.69) is 20.9 Å². The number of methoxy groups -OCH3 is 1. The van der Waals surface area contributed by atoms with Gasteiger partial charge in [-0.3, -0.25) is 4.79 Å². The second kappa shape index (κ2) is 8.52. The van der Waals surface area contributed by atoms with Gasteiger partial charge in [0.15, 0.2) is 5.78 Å². The third kappa shape index (κ3) is 3.32. The standard InChI is InChI=1S/C27H23BrN2O7/c1-12-21(23(32)18-10-14(28)4-7-20(18)31)13(2)30-9-8-16-17-11-15(37-3)5-6-19(17)29-24(16)27(30,26(35)36)22(12)25(33)34/h4-7,10-11,29,31H,8-9H2,1-3H3,(H,33,34)(H,35,36). The van der Waals surface area contributed by atoms with Crippen molar-refractivity contribution >= 4 is 44.6 Å². The SMILES string of the molecule is COc1ccc2[nH]c3c(c2c1)CCN1C(C)=C(C(=O)c2cc(Br)ccc2O)C(C)=C(C(=O)O)C31C(=O)O. The highest BCUT2D eigenvalue weighted by atomic mass is 79.9. The Kier molecular flexibility index (Phi) is 5.67. The van der Waals surface area contributed by atoms with Gasteiger partial charge in [0.2, 0.25) is 5.54 Å². The molecule has 3 heterocycles. The molecular weight excluding hydrogens is 544 g/mol. The Morgan fingerprint density at radius 3 is 2.49 bits per heavy atom. The molecule has 0 bridgehead atoms. The van der Waals surface area contributed by atoms with Crippen LogP contribution in [0, 0.1) is 0 Å². The molecule has 1 unspecified atom stereocenters. The van der Waals surface area contributed by atoms with E-state index in [0.29, 0.717) is 33.4 Å². The fourth-order valence-electron chi connectivity index (χ4n) is 5.73. The Morgan fingerprint density at radius 1 is 1.11 bits per heavy atom. The van der Waals surface area contributed by atoms with E-state index in [1.807, 2.05) is 0 Å². The number of carbonyl (C=O) groups excluding carboxylic acids is 1. The minimum Gasteiger partial charge on any atom is -0.507 e. The minimum absolute atomic E-state index is 0.0222. The summed E-state index contributed by atoms with van der Waals surface area (Å²) in [5.41, 5.74) is -0.582. The highest BCUT2D eigenvalue weighted by Gasteiger charge is 2.59. The van der Waals surface area contributed by atoms with Crippen LogP contribution in [0.15, 0.2) is 63.3 Å². The number of halogens is 1. The molecule has 3 aromatic rings. The molecule has 5 rings (SSSR count). The number of benzene rings is 2. The number of carboxylic acid groups (broad SMARTS) is 2. The Bertz CT molecular complexity index is 1600. The molecule has 2 aliphatic rings. The van der Waals surface area contributed by atoms with Crippen LogP contribution in [0.4, 0.5) is 0 Å². The number of carboxylic acids is 2. The van der Waals surface area contributed by atoms with Crippen molar-refractivity contribution in [3.63, 3.8) is 0 Å². The van der Waals surface area contributed by atoms with Gasteiger partial charge in [0.25, 0.3) is 0 Å². The number of carbonyl (C=O) groups is 3. The highest BCUT2D eigenvalue weighted by molar-refractivity contribution is 9.10. The summed E-state index contributed by atoms with van der Waals surface area (Å²) in [4.78, 5) is 44.4. The number of hydrogen-bond acceptors (Lipinski definition) is 6. The number of allylic oxidation sites excluding steroid dienone is 3. The summed E-state index contributed by atoms with van der Waals surface area (Å²) < 4.78 is 5.90. The zero-order chi connectivity index (χ0) is 26.8. The minimum atomic E-state index is -2.09. The zero-order valence-electron chi connectivity index (χ0n) is 20.2. The van der Waals surface area contributed by atoms with Crippen molar-refractivity contribution in [1.82, 2.24) is 9.88 Å². The molecule has 4 N–H and O–H groups in total. The van der Waals surface area contributed by atoms with Gasteiger partial charge in [-0.25, -0.2) is 9.59 Å². The quantitative estimate of drug-likeness (QED) is 0.334. The molecule has 2 aliphatic heterocycles. The number of nitrogens with zero attached hydrogens (tertiary/aromatic N) is 1. The predicted octanol–water partition coefficient (Wildman–Crippen LogP) is 4.35. The molecule has 0 saturated heterocycles. The third-order valence-electron chi connectivity index (χ3n) is 7.30. The molecule has 0 spiro atoms. The van der Waals surface area contributed by atoms with Crippen molar-refractivity contribution in [3.8, 4) is 11.5 Å². The molecule has 2 aromatic carbocycles. The summed E-state index contributed by atoms with van der Waals surface area (Å²) in [7, 11) is 1.53. The molecule has 9 nitrogen and oxygen atoms in total. The number of aromatic hydroxyl groups is 1. The van der Waals surface area contributed by atoms with Crippen LogP contribution in [-0.2, 0) is 21.5 Å². The first kappa shape index (κ1) is 24.6. The van der Waals surface area contributed by atoms with E-state index in [1.165, 1.54) is 31.1 Å². The first-order valence-electron chi connectivity index (χ1n) is 11.4. The molecule has 37 heavy (non-hydrogen) atoms. The molecule has 1 aromatic heterocycles. The van der Waals surface area contributed by atoms with Crippen LogP contribution in [0.2, 0.25) is 0 Å². The Hall–Kier alpha value is -4.05. The summed E-state index contributed by atoms with van der Waals surface area (Å²) >= 11 is 3.30. The fourth-order valence-corrected chi connectivity index (χ4v) is 6.10. The van der Waals surface area contributed by atoms with Crippen molar-refractivity contribution in [2.45, 2.75) is 25.8 Å². The number of ether oxygens (including phenoxy) is 1. The Balaban J connectivity index is 1.82. The lowest BCUT2D eigenvalue weighted by Gasteiger charge is -2.49. The number of Topliss-reactive ketones (excluding diaryl/α,β-unsaturated/α-hetero) is 1. The zero-order valence-corrected chi connectivity index (χ0v) is 21.8. The van der Waals surface area contributed by atoms with E-state index >= 15 is 0 Å². The molecule has 190 valence electrons. The second-order valence-corrected chi connectivity index (χ2v) is 9.98. The van der Waals surface area contributed by atoms with E-state index < -0.39 is 28.8 Å². The van der Waals surface area contributed by atoms with Crippen LogP contribution >= 0.6 is 15.9 Å². The van der Waals surface area contributed by atoms with Crippen LogP contribution in [0.5, 0.6) is 11.5 Å². The Morgan fingerprint density at radius 2 is 1.84 bits per heavy atom. The van der Waals surface area contributed by atoms with Gasteiger partial charge in [-0.15, -0.1) is 0 Å². The maximum atomic E-state index is 13.7. The van der Waals surface area contributed by atoms with Gasteiger partial charge in [-0.2, -0.15) is 0 Å². The van der Waals surface area contributed by atoms with Crippen LogP contribution in [-0.4, -0.2) is 56.6 Å². The number of rotatable bonds is 5. The topological polar surface area (TPSA) is 140 Å². The molecule has 0 aliphatic carbocycles. The number of hydrogen-bond donors (Lipinski definition) is 4. The van der Waals surface area contributed by atoms with Gasteiger partial charge in [0.05, 0.1) is 23.9 Å². The molecule has 10 heteroatoms. The summed E-state index contributed by atoms with van der Waals surface area (Å²) in [6.45, 7) is 3.20. The van der Waals surface area contributed by atoms with Crippen molar-refractivity contribution in [2.24, 2.45) is 0 Å². The lowest BCUT2D eigenvalue weighted by molar-refractivity contribution is -0.153. The number of phenolic OH excluding ortho intramolecular Hbond substituents is 1. The van der Waals surface area contributed by atoms with Crippen LogP contribution in [0.1, 0.15) is 35.5 Å². The average Bonchev–Trinajstić information content (AvgIpc) is 3.23. The van der Waals surface area contributed by atoms with E-state index in [9.17, 15) is 29.7 Å². The summed E-state index contributed by atoms with van der Waals surface area (Å²) in [5, 5.41) is 32.3. The number of H-pyrrole nitrogens is 1. The fraction of sp³-hybridized carbons (Fsp3) is 0.222. The lowest BCUT2D eigenvalue weighted by Crippen LogP contribution is -2.59. The van der Waals surface area contributed by atoms with Gasteiger partial charge in [0.1, 0.15) is 11.5 Å². The third-order valence-corrected chi connectivity index (χ3v) is 7.79. The van der Waals surface area contributed by atoms with E-state index in [1.54, 1.807) is 31.2 Å². The normalized spacial score (nSPS) is 19.1. The summed E-state index contributed by atoms with van der Waals surface area (Å²) in [5.74, 6) is -3.10. The first-order valence-corrected chi connectivity index (χ1v) is 12.2. The molecule has 0 fully saturated rings. The largest absolute Gasteiger partial charge is 0.507 e. The van der Waals surface area contributed by atoms with Crippen molar-refractivity contribution in [3.05, 3.63) is 80.1 Å². The number of aromatic amines is 1. The monoisotopic (exact) mass is 566 g/mol. The van der Waals surface area contributed by atoms with Gasteiger partial charge < -0.3 is 29.9 Å². The number of aromatic nitrogens is 1. The smallest absolute Gasteiger partial charge is 0.340 e. The highest BCUT2D eigenvalue weighted by Crippen LogP contribution is 2.51. The van der Waals surface area contributed by atoms with Gasteiger partial charge >= 0.3 is 11.9 Å². The molecule has 0 saturated carbocycles. The second-order valence-electron chi connectivity index (χ2n) is 9.06. The molecule has 0 amide bonds. The molecule has 0 radical (unpaired) electrons. The number of ketones is 1.